The van der Waals surface area contributed by atoms with Crippen LogP contribution in [0.3, 0.4) is 0 Å². The highest BCUT2D eigenvalue weighted by Crippen LogP contribution is 2.27. The molecule has 0 aliphatic heterocycles. The molecule has 2 aromatic carbocycles. The molecule has 6 nitrogen and oxygen atoms in total. The van der Waals surface area contributed by atoms with Crippen LogP contribution in [0.25, 0.3) is 21.8 Å². The minimum Gasteiger partial charge on any atom is -0.278 e. The zero-order valence-electron chi connectivity index (χ0n) is 15.2. The van der Waals surface area contributed by atoms with Gasteiger partial charge in [0.05, 0.1) is 5.69 Å². The quantitative estimate of drug-likeness (QED) is 0.507. The Balaban J connectivity index is 1.59. The first kappa shape index (κ1) is 19.2. The summed E-state index contributed by atoms with van der Waals surface area (Å²) in [4.78, 5) is 12.6. The van der Waals surface area contributed by atoms with Gasteiger partial charge in [0.15, 0.2) is 5.03 Å². The second-order valence-electron chi connectivity index (χ2n) is 6.17. The van der Waals surface area contributed by atoms with Crippen LogP contribution in [-0.2, 0) is 10.0 Å². The van der Waals surface area contributed by atoms with Gasteiger partial charge in [-0.05, 0) is 49.4 Å². The lowest BCUT2D eigenvalue weighted by molar-refractivity contribution is 0.598. The first-order valence-corrected chi connectivity index (χ1v) is 10.9. The fourth-order valence-electron chi connectivity index (χ4n) is 2.67. The van der Waals surface area contributed by atoms with Crippen molar-refractivity contribution in [3.8, 4) is 21.8 Å². The first-order chi connectivity index (χ1) is 13.9. The number of benzene rings is 2. The average Bonchev–Trinajstić information content (AvgIpc) is 3.20. The normalized spacial score (nSPS) is 11.4. The highest BCUT2D eigenvalue weighted by Gasteiger charge is 2.19. The van der Waals surface area contributed by atoms with E-state index >= 15 is 0 Å². The monoisotopic (exact) mass is 426 g/mol. The Morgan fingerprint density at radius 1 is 1.00 bits per heavy atom. The molecule has 0 fully saturated rings. The minimum absolute atomic E-state index is 0.0925. The Labute approximate surface area is 171 Å². The fraction of sp³-hybridized carbons (Fsp3) is 0.0500. The van der Waals surface area contributed by atoms with Gasteiger partial charge >= 0.3 is 0 Å². The van der Waals surface area contributed by atoms with Gasteiger partial charge in [-0.15, -0.1) is 11.3 Å². The van der Waals surface area contributed by atoms with Crippen LogP contribution in [0.1, 0.15) is 5.82 Å². The van der Waals surface area contributed by atoms with Gasteiger partial charge in [-0.25, -0.2) is 19.3 Å². The lowest BCUT2D eigenvalue weighted by Gasteiger charge is -2.08. The van der Waals surface area contributed by atoms with E-state index < -0.39 is 10.0 Å². The molecule has 0 bridgehead atoms. The number of aryl methyl sites for hydroxylation is 1. The maximum absolute atomic E-state index is 13.1. The first-order valence-electron chi connectivity index (χ1n) is 8.55. The van der Waals surface area contributed by atoms with Crippen LogP contribution in [0, 0.1) is 12.7 Å². The second kappa shape index (κ2) is 7.69. The Bertz CT molecular complexity index is 1270. The molecular weight excluding hydrogens is 411 g/mol. The number of halogens is 1. The van der Waals surface area contributed by atoms with Crippen molar-refractivity contribution >= 4 is 27.0 Å². The number of sulfonamides is 1. The molecule has 0 saturated carbocycles. The van der Waals surface area contributed by atoms with Crippen molar-refractivity contribution in [3.63, 3.8) is 0 Å². The molecule has 0 saturated heterocycles. The maximum atomic E-state index is 13.1. The molecule has 0 spiro atoms. The zero-order valence-corrected chi connectivity index (χ0v) is 16.8. The van der Waals surface area contributed by atoms with Crippen molar-refractivity contribution in [3.05, 3.63) is 77.8 Å². The van der Waals surface area contributed by atoms with E-state index in [0.717, 1.165) is 5.56 Å². The summed E-state index contributed by atoms with van der Waals surface area (Å²) in [5.74, 6) is 0.267. The summed E-state index contributed by atoms with van der Waals surface area (Å²) >= 11 is 1.18. The number of rotatable bonds is 5. The third kappa shape index (κ3) is 4.30. The Morgan fingerprint density at radius 3 is 2.55 bits per heavy atom. The van der Waals surface area contributed by atoms with E-state index in [4.69, 9.17) is 0 Å². The minimum atomic E-state index is -3.87. The molecule has 2 heterocycles. The largest absolute Gasteiger partial charge is 0.280 e. The van der Waals surface area contributed by atoms with Crippen LogP contribution in [0.15, 0.2) is 71.2 Å². The van der Waals surface area contributed by atoms with Gasteiger partial charge < -0.3 is 0 Å². The highest BCUT2D eigenvalue weighted by atomic mass is 32.2. The summed E-state index contributed by atoms with van der Waals surface area (Å²) in [5.41, 5.74) is 2.51. The molecule has 0 atom stereocenters. The third-order valence-electron chi connectivity index (χ3n) is 4.04. The summed E-state index contributed by atoms with van der Waals surface area (Å²) in [7, 11) is -3.87. The lowest BCUT2D eigenvalue weighted by atomic mass is 10.1. The fourth-order valence-corrected chi connectivity index (χ4v) is 4.82. The third-order valence-corrected chi connectivity index (χ3v) is 6.34. The van der Waals surface area contributed by atoms with Crippen molar-refractivity contribution in [2.45, 2.75) is 11.9 Å². The van der Waals surface area contributed by atoms with Crippen LogP contribution in [0.2, 0.25) is 0 Å². The molecule has 0 radical (unpaired) electrons. The molecule has 146 valence electrons. The van der Waals surface area contributed by atoms with Crippen molar-refractivity contribution in [2.24, 2.45) is 0 Å². The summed E-state index contributed by atoms with van der Waals surface area (Å²) in [6, 6.07) is 14.4. The number of anilines is 1. The summed E-state index contributed by atoms with van der Waals surface area (Å²) < 4.78 is 41.1. The van der Waals surface area contributed by atoms with Gasteiger partial charge in [-0.3, -0.25) is 4.72 Å². The van der Waals surface area contributed by atoms with Crippen molar-refractivity contribution in [1.29, 1.82) is 0 Å². The van der Waals surface area contributed by atoms with E-state index in [9.17, 15) is 12.8 Å². The van der Waals surface area contributed by atoms with E-state index in [2.05, 4.69) is 19.7 Å². The Kier molecular flexibility index (Phi) is 5.08. The van der Waals surface area contributed by atoms with Gasteiger partial charge in [-0.1, -0.05) is 12.1 Å². The van der Waals surface area contributed by atoms with Gasteiger partial charge in [0.2, 0.25) is 0 Å². The molecule has 0 aliphatic carbocycles. The molecule has 4 aromatic rings. The topological polar surface area (TPSA) is 84.8 Å². The molecule has 29 heavy (non-hydrogen) atoms. The summed E-state index contributed by atoms with van der Waals surface area (Å²) in [6.45, 7) is 1.79. The highest BCUT2D eigenvalue weighted by molar-refractivity contribution is 7.92. The standard InChI is InChI=1S/C20H15FN4O2S2/c1-13-22-10-9-18(23-13)15-3-2-4-17(11-15)25-29(26,27)19-12-28-20(24-19)14-5-7-16(21)8-6-14/h2-12,25H,1H3. The van der Waals surface area contributed by atoms with Crippen LogP contribution in [-0.4, -0.2) is 23.4 Å². The van der Waals surface area contributed by atoms with E-state index in [1.807, 2.05) is 6.07 Å². The van der Waals surface area contributed by atoms with Crippen molar-refractivity contribution in [1.82, 2.24) is 15.0 Å². The molecule has 0 aliphatic rings. The molecule has 1 N–H and O–H groups in total. The van der Waals surface area contributed by atoms with Crippen molar-refractivity contribution in [2.75, 3.05) is 4.72 Å². The van der Waals surface area contributed by atoms with Crippen LogP contribution in [0.5, 0.6) is 0 Å². The Morgan fingerprint density at radius 2 is 1.79 bits per heavy atom. The SMILES string of the molecule is Cc1nccc(-c2cccc(NS(=O)(=O)c3csc(-c4ccc(F)cc4)n3)c2)n1. The van der Waals surface area contributed by atoms with Crippen LogP contribution >= 0.6 is 11.3 Å². The summed E-state index contributed by atoms with van der Waals surface area (Å²) in [5, 5.41) is 1.86. The van der Waals surface area contributed by atoms with Gasteiger partial charge in [-0.2, -0.15) is 8.42 Å². The van der Waals surface area contributed by atoms with Crippen LogP contribution < -0.4 is 4.72 Å². The Hall–Kier alpha value is -3.17. The predicted molar refractivity (Wildman–Crippen MR) is 111 cm³/mol. The number of nitrogens with zero attached hydrogens (tertiary/aromatic N) is 3. The number of aromatic nitrogens is 3. The van der Waals surface area contributed by atoms with Gasteiger partial charge in [0.1, 0.15) is 16.6 Å². The van der Waals surface area contributed by atoms with E-state index in [1.165, 1.54) is 28.8 Å². The zero-order chi connectivity index (χ0) is 20.4. The van der Waals surface area contributed by atoms with E-state index in [0.29, 0.717) is 27.8 Å². The number of hydrogen-bond donors (Lipinski definition) is 1. The van der Waals surface area contributed by atoms with E-state index in [-0.39, 0.29) is 10.8 Å². The van der Waals surface area contributed by atoms with Gasteiger partial charge in [0, 0.05) is 28.4 Å². The lowest BCUT2D eigenvalue weighted by Crippen LogP contribution is -2.13. The molecule has 9 heteroatoms. The maximum Gasteiger partial charge on any atom is 0.280 e. The number of nitrogens with one attached hydrogen (secondary N) is 1. The summed E-state index contributed by atoms with van der Waals surface area (Å²) in [6.07, 6.45) is 1.65. The average molecular weight is 426 g/mol. The number of thiazole rings is 1. The predicted octanol–water partition coefficient (Wildman–Crippen LogP) is 4.52. The molecule has 2 aromatic heterocycles. The van der Waals surface area contributed by atoms with Crippen molar-refractivity contribution < 1.29 is 12.8 Å². The van der Waals surface area contributed by atoms with Crippen LogP contribution in [0.4, 0.5) is 10.1 Å². The molecular formula is C20H15FN4O2S2. The smallest absolute Gasteiger partial charge is 0.278 e. The molecule has 0 unspecified atom stereocenters. The van der Waals surface area contributed by atoms with Gasteiger partial charge in [0.25, 0.3) is 10.0 Å². The number of hydrogen-bond acceptors (Lipinski definition) is 6. The van der Waals surface area contributed by atoms with E-state index in [1.54, 1.807) is 49.5 Å². The molecule has 4 rings (SSSR count). The second-order valence-corrected chi connectivity index (χ2v) is 8.66. The molecule has 0 amide bonds.